The molecule has 1 aromatic carbocycles. The van der Waals surface area contributed by atoms with Gasteiger partial charge in [0.15, 0.2) is 0 Å². The van der Waals surface area contributed by atoms with Gasteiger partial charge in [0, 0.05) is 43.0 Å². The number of nitrogens with zero attached hydrogens (tertiary/aromatic N) is 3. The Morgan fingerprint density at radius 2 is 2.13 bits per heavy atom. The van der Waals surface area contributed by atoms with Gasteiger partial charge in [-0.05, 0) is 24.5 Å². The third kappa shape index (κ3) is 3.74. The Kier molecular flexibility index (Phi) is 4.66. The number of carbonyl (C=O) groups is 1. The molecule has 0 aliphatic rings. The molecule has 118 valence electrons. The van der Waals surface area contributed by atoms with Crippen LogP contribution in [0.4, 0.5) is 0 Å². The summed E-state index contributed by atoms with van der Waals surface area (Å²) in [7, 11) is 1.81. The van der Waals surface area contributed by atoms with Gasteiger partial charge in [-0.25, -0.2) is 0 Å². The smallest absolute Gasteiger partial charge is 0.222 e. The lowest BCUT2D eigenvalue weighted by molar-refractivity contribution is -0.130. The molecule has 2 aromatic heterocycles. The van der Waals surface area contributed by atoms with Crippen LogP contribution in [0.15, 0.2) is 49.1 Å². The van der Waals surface area contributed by atoms with E-state index in [0.29, 0.717) is 13.0 Å². The lowest BCUT2D eigenvalue weighted by atomic mass is 10.1. The van der Waals surface area contributed by atoms with Crippen LogP contribution in [-0.2, 0) is 17.8 Å². The Balaban J connectivity index is 1.51. The van der Waals surface area contributed by atoms with Crippen LogP contribution in [0.3, 0.4) is 0 Å². The summed E-state index contributed by atoms with van der Waals surface area (Å²) in [5, 5.41) is 1.24. The predicted molar refractivity (Wildman–Crippen MR) is 89.7 cm³/mol. The van der Waals surface area contributed by atoms with Crippen molar-refractivity contribution in [2.24, 2.45) is 0 Å². The molecule has 1 N–H and O–H groups in total. The van der Waals surface area contributed by atoms with E-state index in [0.717, 1.165) is 24.1 Å². The van der Waals surface area contributed by atoms with E-state index in [1.807, 2.05) is 25.4 Å². The maximum Gasteiger partial charge on any atom is 0.222 e. The molecule has 0 aliphatic heterocycles. The van der Waals surface area contributed by atoms with Crippen molar-refractivity contribution in [1.29, 1.82) is 0 Å². The first kappa shape index (κ1) is 15.2. The molecule has 0 spiro atoms. The minimum Gasteiger partial charge on any atom is -0.361 e. The number of carbonyl (C=O) groups excluding carboxylic acids is 1. The van der Waals surface area contributed by atoms with Crippen LogP contribution in [0, 0.1) is 0 Å². The number of fused-ring (bicyclic) bond motifs is 1. The monoisotopic (exact) mass is 308 g/mol. The average molecular weight is 308 g/mol. The Morgan fingerprint density at radius 3 is 2.96 bits per heavy atom. The van der Waals surface area contributed by atoms with Gasteiger partial charge in [0.2, 0.25) is 5.91 Å². The first-order valence-electron chi connectivity index (χ1n) is 7.78. The van der Waals surface area contributed by atoms with E-state index < -0.39 is 0 Å². The van der Waals surface area contributed by atoms with Crippen LogP contribution in [-0.4, -0.2) is 32.8 Å². The number of benzene rings is 1. The molecule has 0 saturated heterocycles. The van der Waals surface area contributed by atoms with E-state index in [1.54, 1.807) is 23.5 Å². The zero-order chi connectivity index (χ0) is 16.1. The minimum atomic E-state index is 0.135. The van der Waals surface area contributed by atoms with Crippen molar-refractivity contribution in [2.45, 2.75) is 25.8 Å². The second-order valence-electron chi connectivity index (χ2n) is 5.66. The van der Waals surface area contributed by atoms with E-state index >= 15 is 0 Å². The van der Waals surface area contributed by atoms with E-state index in [1.165, 1.54) is 10.9 Å². The summed E-state index contributed by atoms with van der Waals surface area (Å²) in [4.78, 5) is 25.4. The highest BCUT2D eigenvalue weighted by molar-refractivity contribution is 5.83. The number of para-hydroxylation sites is 1. The topological polar surface area (TPSA) is 61.9 Å². The number of hydrogen-bond acceptors (Lipinski definition) is 3. The summed E-state index contributed by atoms with van der Waals surface area (Å²) in [6.45, 7) is 0.500. The molecule has 23 heavy (non-hydrogen) atoms. The van der Waals surface area contributed by atoms with Crippen molar-refractivity contribution in [2.75, 3.05) is 7.05 Å². The van der Waals surface area contributed by atoms with Gasteiger partial charge in [0.05, 0.1) is 18.4 Å². The summed E-state index contributed by atoms with van der Waals surface area (Å²) in [6, 6.07) is 8.24. The van der Waals surface area contributed by atoms with E-state index in [-0.39, 0.29) is 5.91 Å². The Bertz CT molecular complexity index is 782. The Hall–Kier alpha value is -2.69. The SMILES string of the molecule is CN(Cc1cnccn1)C(=O)CCCc1c[nH]c2ccccc12. The van der Waals surface area contributed by atoms with Crippen molar-refractivity contribution < 1.29 is 4.79 Å². The lowest BCUT2D eigenvalue weighted by Gasteiger charge is -2.16. The number of rotatable bonds is 6. The summed E-state index contributed by atoms with van der Waals surface area (Å²) < 4.78 is 0. The maximum absolute atomic E-state index is 12.2. The third-order valence-electron chi connectivity index (χ3n) is 3.95. The highest BCUT2D eigenvalue weighted by Crippen LogP contribution is 2.19. The second kappa shape index (κ2) is 7.05. The van der Waals surface area contributed by atoms with Gasteiger partial charge in [-0.1, -0.05) is 18.2 Å². The van der Waals surface area contributed by atoms with Gasteiger partial charge >= 0.3 is 0 Å². The van der Waals surface area contributed by atoms with Crippen molar-refractivity contribution in [3.8, 4) is 0 Å². The third-order valence-corrected chi connectivity index (χ3v) is 3.95. The molecule has 0 unspecified atom stereocenters. The van der Waals surface area contributed by atoms with Gasteiger partial charge in [-0.2, -0.15) is 0 Å². The van der Waals surface area contributed by atoms with E-state index in [4.69, 9.17) is 0 Å². The van der Waals surface area contributed by atoms with Crippen LogP contribution in [0.5, 0.6) is 0 Å². The molecule has 3 rings (SSSR count). The van der Waals surface area contributed by atoms with Crippen LogP contribution in [0.25, 0.3) is 10.9 Å². The number of aromatic amines is 1. The molecule has 2 heterocycles. The molecule has 0 saturated carbocycles. The standard InChI is InChI=1S/C18H20N4O/c1-22(13-15-12-19-9-10-20-15)18(23)8-4-5-14-11-21-17-7-3-2-6-16(14)17/h2-3,6-7,9-12,21H,4-5,8,13H2,1H3. The number of hydrogen-bond donors (Lipinski definition) is 1. The Labute approximate surface area is 135 Å². The van der Waals surface area contributed by atoms with Crippen molar-refractivity contribution in [1.82, 2.24) is 19.9 Å². The maximum atomic E-state index is 12.2. The summed E-state index contributed by atoms with van der Waals surface area (Å²) in [6.07, 6.45) is 9.28. The first-order valence-corrected chi connectivity index (χ1v) is 7.78. The highest BCUT2D eigenvalue weighted by atomic mass is 16.2. The largest absolute Gasteiger partial charge is 0.361 e. The molecule has 0 aliphatic carbocycles. The van der Waals surface area contributed by atoms with Crippen molar-refractivity contribution in [3.05, 3.63) is 60.3 Å². The molecule has 5 heteroatoms. The summed E-state index contributed by atoms with van der Waals surface area (Å²) in [5.41, 5.74) is 3.22. The zero-order valence-electron chi connectivity index (χ0n) is 13.2. The Morgan fingerprint density at radius 1 is 1.26 bits per heavy atom. The van der Waals surface area contributed by atoms with Crippen LogP contribution in [0.2, 0.25) is 0 Å². The molecule has 1 amide bonds. The predicted octanol–water partition coefficient (Wildman–Crippen LogP) is 2.94. The van der Waals surface area contributed by atoms with E-state index in [9.17, 15) is 4.79 Å². The first-order chi connectivity index (χ1) is 11.2. The normalized spacial score (nSPS) is 10.8. The van der Waals surface area contributed by atoms with Crippen LogP contribution in [0.1, 0.15) is 24.1 Å². The van der Waals surface area contributed by atoms with Crippen molar-refractivity contribution >= 4 is 16.8 Å². The fraction of sp³-hybridized carbons (Fsp3) is 0.278. The molecule has 0 atom stereocenters. The minimum absolute atomic E-state index is 0.135. The molecule has 5 nitrogen and oxygen atoms in total. The van der Waals surface area contributed by atoms with Gasteiger partial charge < -0.3 is 9.88 Å². The van der Waals surface area contributed by atoms with Crippen LogP contribution >= 0.6 is 0 Å². The summed E-state index contributed by atoms with van der Waals surface area (Å²) >= 11 is 0. The number of amides is 1. The molecular formula is C18H20N4O. The second-order valence-corrected chi connectivity index (χ2v) is 5.66. The van der Waals surface area contributed by atoms with Gasteiger partial charge in [-0.15, -0.1) is 0 Å². The lowest BCUT2D eigenvalue weighted by Crippen LogP contribution is -2.26. The molecule has 0 radical (unpaired) electrons. The van der Waals surface area contributed by atoms with E-state index in [2.05, 4.69) is 27.1 Å². The molecule has 0 fully saturated rings. The fourth-order valence-electron chi connectivity index (χ4n) is 2.70. The molecule has 0 bridgehead atoms. The quantitative estimate of drug-likeness (QED) is 0.761. The van der Waals surface area contributed by atoms with Crippen molar-refractivity contribution in [3.63, 3.8) is 0 Å². The number of aromatic nitrogens is 3. The average Bonchev–Trinajstić information content (AvgIpc) is 2.99. The summed E-state index contributed by atoms with van der Waals surface area (Å²) in [5.74, 6) is 0.135. The number of aryl methyl sites for hydroxylation is 1. The van der Waals surface area contributed by atoms with Gasteiger partial charge in [0.25, 0.3) is 0 Å². The zero-order valence-corrected chi connectivity index (χ0v) is 13.2. The molecular weight excluding hydrogens is 288 g/mol. The van der Waals surface area contributed by atoms with Gasteiger partial charge in [0.1, 0.15) is 0 Å². The number of nitrogens with one attached hydrogen (secondary N) is 1. The number of H-pyrrole nitrogens is 1. The van der Waals surface area contributed by atoms with Gasteiger partial charge in [-0.3, -0.25) is 14.8 Å². The highest BCUT2D eigenvalue weighted by Gasteiger charge is 2.10. The van der Waals surface area contributed by atoms with Crippen LogP contribution < -0.4 is 0 Å². The molecule has 3 aromatic rings. The fourth-order valence-corrected chi connectivity index (χ4v) is 2.70.